The van der Waals surface area contributed by atoms with E-state index in [9.17, 15) is 28.4 Å². The van der Waals surface area contributed by atoms with Gasteiger partial charge in [0.2, 0.25) is 23.5 Å². The van der Waals surface area contributed by atoms with Gasteiger partial charge in [-0.2, -0.15) is 0 Å². The summed E-state index contributed by atoms with van der Waals surface area (Å²) in [6, 6.07) is 10.7. The SMILES string of the molecule is Cc1cc(C(=O)N[C@H](C(=O)N[C@@H](Cc2ccc(F)cc2)C(=O)N[C@@H](C[C@@H]2CCNC2=O)C(=O)c2nc3ccccc3s2)C(C)C)no1. The lowest BCUT2D eigenvalue weighted by molar-refractivity contribution is -0.130. The first kappa shape index (κ1) is 33.4. The van der Waals surface area contributed by atoms with Gasteiger partial charge in [-0.3, -0.25) is 24.0 Å². The predicted octanol–water partition coefficient (Wildman–Crippen LogP) is 3.11. The van der Waals surface area contributed by atoms with Gasteiger partial charge in [-0.1, -0.05) is 43.3 Å². The van der Waals surface area contributed by atoms with Crippen LogP contribution >= 0.6 is 11.3 Å². The highest BCUT2D eigenvalue weighted by Gasteiger charge is 2.36. The molecule has 3 heterocycles. The number of aromatic nitrogens is 2. The second-order valence-corrected chi connectivity index (χ2v) is 12.9. The molecular formula is C33H35FN6O6S. The predicted molar refractivity (Wildman–Crippen MR) is 171 cm³/mol. The van der Waals surface area contributed by atoms with Crippen LogP contribution in [0.2, 0.25) is 0 Å². The fourth-order valence-electron chi connectivity index (χ4n) is 5.34. The molecular weight excluding hydrogens is 627 g/mol. The maximum atomic E-state index is 14.0. The fourth-order valence-corrected chi connectivity index (χ4v) is 6.30. The second-order valence-electron chi connectivity index (χ2n) is 11.8. The van der Waals surface area contributed by atoms with Crippen LogP contribution in [0.3, 0.4) is 0 Å². The van der Waals surface area contributed by atoms with Gasteiger partial charge in [0.1, 0.15) is 23.7 Å². The first-order valence-electron chi connectivity index (χ1n) is 15.3. The molecule has 246 valence electrons. The number of hydrogen-bond donors (Lipinski definition) is 4. The molecule has 0 unspecified atom stereocenters. The topological polar surface area (TPSA) is 172 Å². The van der Waals surface area contributed by atoms with E-state index in [2.05, 4.69) is 31.4 Å². The van der Waals surface area contributed by atoms with Gasteiger partial charge in [-0.25, -0.2) is 9.37 Å². The van der Waals surface area contributed by atoms with Crippen LogP contribution in [0.1, 0.15) is 58.3 Å². The molecule has 1 saturated heterocycles. The van der Waals surface area contributed by atoms with Crippen molar-refractivity contribution in [1.82, 2.24) is 31.4 Å². The molecule has 1 aliphatic heterocycles. The van der Waals surface area contributed by atoms with Crippen molar-refractivity contribution in [3.8, 4) is 0 Å². The molecule has 0 bridgehead atoms. The minimum Gasteiger partial charge on any atom is -0.361 e. The third-order valence-corrected chi connectivity index (χ3v) is 8.95. The standard InChI is InChI=1S/C33H35FN6O6S/c1-17(2)27(39-31(44)25-14-18(3)46-40-25)32(45)37-24(15-19-8-10-21(34)11-9-19)30(43)36-23(16-20-12-13-35-29(20)42)28(41)33-38-22-6-4-5-7-26(22)47-33/h4-11,14,17,20,23-24,27H,12-13,15-16H2,1-3H3,(H,35,42)(H,36,43)(H,37,45)(H,39,44)/t20-,23-,24-,27-/m0/s1. The Hall–Kier alpha value is -4.98. The fraction of sp³-hybridized carbons (Fsp3) is 0.364. The largest absolute Gasteiger partial charge is 0.361 e. The number of ketones is 1. The summed E-state index contributed by atoms with van der Waals surface area (Å²) in [4.78, 5) is 71.3. The Kier molecular flexibility index (Phi) is 10.4. The molecule has 0 radical (unpaired) electrons. The molecule has 4 N–H and O–H groups in total. The van der Waals surface area contributed by atoms with E-state index >= 15 is 0 Å². The monoisotopic (exact) mass is 662 g/mol. The number of thiazole rings is 1. The Morgan fingerprint density at radius 1 is 1.02 bits per heavy atom. The van der Waals surface area contributed by atoms with E-state index < -0.39 is 59.3 Å². The summed E-state index contributed by atoms with van der Waals surface area (Å²) >= 11 is 1.19. The molecule has 2 aromatic carbocycles. The van der Waals surface area contributed by atoms with Crippen LogP contribution in [0.4, 0.5) is 4.39 Å². The maximum Gasteiger partial charge on any atom is 0.274 e. The zero-order chi connectivity index (χ0) is 33.7. The number of fused-ring (bicyclic) bond motifs is 1. The van der Waals surface area contributed by atoms with Crippen LogP contribution in [0.25, 0.3) is 10.2 Å². The number of aryl methyl sites for hydroxylation is 1. The van der Waals surface area contributed by atoms with Crippen LogP contribution in [0.5, 0.6) is 0 Å². The number of benzene rings is 2. The zero-order valence-electron chi connectivity index (χ0n) is 26.0. The summed E-state index contributed by atoms with van der Waals surface area (Å²) in [7, 11) is 0. The number of hydrogen-bond acceptors (Lipinski definition) is 9. The van der Waals surface area contributed by atoms with Crippen molar-refractivity contribution in [2.75, 3.05) is 6.54 Å². The van der Waals surface area contributed by atoms with E-state index in [1.54, 1.807) is 32.9 Å². The summed E-state index contributed by atoms with van der Waals surface area (Å²) in [5, 5.41) is 14.8. The van der Waals surface area contributed by atoms with Crippen LogP contribution in [-0.4, -0.2) is 64.2 Å². The number of carbonyl (C=O) groups excluding carboxylic acids is 5. The molecule has 0 saturated carbocycles. The Bertz CT molecular complexity index is 1750. The Morgan fingerprint density at radius 2 is 1.74 bits per heavy atom. The van der Waals surface area contributed by atoms with Crippen molar-refractivity contribution in [2.24, 2.45) is 11.8 Å². The Balaban J connectivity index is 1.40. The number of nitrogens with zero attached hydrogens (tertiary/aromatic N) is 2. The first-order valence-corrected chi connectivity index (χ1v) is 16.1. The third kappa shape index (κ3) is 8.25. The van der Waals surface area contributed by atoms with Gasteiger partial charge in [0.25, 0.3) is 5.91 Å². The number of rotatable bonds is 13. The van der Waals surface area contributed by atoms with Crippen molar-refractivity contribution >= 4 is 51.0 Å². The van der Waals surface area contributed by atoms with Crippen LogP contribution in [-0.2, 0) is 20.8 Å². The van der Waals surface area contributed by atoms with Crippen LogP contribution in [0, 0.1) is 24.6 Å². The summed E-state index contributed by atoms with van der Waals surface area (Å²) in [5.41, 5.74) is 1.17. The highest BCUT2D eigenvalue weighted by Crippen LogP contribution is 2.25. The maximum absolute atomic E-state index is 14.0. The van der Waals surface area contributed by atoms with E-state index in [0.29, 0.717) is 29.8 Å². The number of nitrogens with one attached hydrogen (secondary N) is 4. The van der Waals surface area contributed by atoms with Crippen LogP contribution in [0.15, 0.2) is 59.1 Å². The smallest absolute Gasteiger partial charge is 0.274 e. The van der Waals surface area contributed by atoms with Gasteiger partial charge >= 0.3 is 0 Å². The molecule has 0 aliphatic carbocycles. The van der Waals surface area contributed by atoms with Crippen LogP contribution < -0.4 is 21.3 Å². The van der Waals surface area contributed by atoms with Gasteiger partial charge < -0.3 is 25.8 Å². The molecule has 14 heteroatoms. The summed E-state index contributed by atoms with van der Waals surface area (Å²) in [6.07, 6.45) is 0.477. The van der Waals surface area contributed by atoms with Crippen molar-refractivity contribution < 1.29 is 32.9 Å². The lowest BCUT2D eigenvalue weighted by Crippen LogP contribution is -2.57. The van der Waals surface area contributed by atoms with Gasteiger partial charge in [-0.05, 0) is 55.5 Å². The average molecular weight is 663 g/mol. The number of amides is 4. The molecule has 4 amide bonds. The van der Waals surface area contributed by atoms with Crippen molar-refractivity contribution in [1.29, 1.82) is 0 Å². The van der Waals surface area contributed by atoms with E-state index in [4.69, 9.17) is 4.52 Å². The minimum atomic E-state index is -1.23. The highest BCUT2D eigenvalue weighted by atomic mass is 32.1. The molecule has 5 rings (SSSR count). The Labute approximate surface area is 273 Å². The van der Waals surface area contributed by atoms with E-state index in [1.165, 1.54) is 41.7 Å². The average Bonchev–Trinajstić information content (AvgIpc) is 3.79. The van der Waals surface area contributed by atoms with Crippen molar-refractivity contribution in [3.63, 3.8) is 0 Å². The van der Waals surface area contributed by atoms with Gasteiger partial charge in [0.05, 0.1) is 16.3 Å². The molecule has 4 aromatic rings. The number of para-hydroxylation sites is 1. The van der Waals surface area contributed by atoms with E-state index in [0.717, 1.165) is 4.70 Å². The minimum absolute atomic E-state index is 0.00583. The number of carbonyl (C=O) groups is 5. The van der Waals surface area contributed by atoms with Gasteiger partial charge in [-0.15, -0.1) is 11.3 Å². The molecule has 1 fully saturated rings. The van der Waals surface area contributed by atoms with Crippen molar-refractivity contribution in [3.05, 3.63) is 82.4 Å². The molecule has 2 aromatic heterocycles. The normalized spacial score (nSPS) is 16.4. The zero-order valence-corrected chi connectivity index (χ0v) is 26.9. The summed E-state index contributed by atoms with van der Waals surface area (Å²) < 4.78 is 19.5. The van der Waals surface area contributed by atoms with Gasteiger partial charge in [0, 0.05) is 24.9 Å². The lowest BCUT2D eigenvalue weighted by atomic mass is 9.95. The number of Topliss-reactive ketones (excluding diaryl/α,β-unsaturated/α-hetero) is 1. The molecule has 1 aliphatic rings. The summed E-state index contributed by atoms with van der Waals surface area (Å²) in [6.45, 7) is 5.54. The lowest BCUT2D eigenvalue weighted by Gasteiger charge is -2.27. The quantitative estimate of drug-likeness (QED) is 0.158. The molecule has 47 heavy (non-hydrogen) atoms. The third-order valence-electron chi connectivity index (χ3n) is 7.90. The second kappa shape index (κ2) is 14.6. The van der Waals surface area contributed by atoms with E-state index in [-0.39, 0.29) is 29.5 Å². The number of halogens is 1. The van der Waals surface area contributed by atoms with Gasteiger partial charge in [0.15, 0.2) is 10.7 Å². The van der Waals surface area contributed by atoms with E-state index in [1.807, 2.05) is 12.1 Å². The van der Waals surface area contributed by atoms with Crippen molar-refractivity contribution in [2.45, 2.75) is 58.2 Å². The molecule has 12 nitrogen and oxygen atoms in total. The highest BCUT2D eigenvalue weighted by molar-refractivity contribution is 7.20. The summed E-state index contributed by atoms with van der Waals surface area (Å²) in [5.74, 6) is -3.60. The first-order chi connectivity index (χ1) is 22.5. The molecule has 0 spiro atoms. The molecule has 4 atom stereocenters. The Morgan fingerprint density at radius 3 is 2.38 bits per heavy atom.